The molecule has 1 aromatic rings. The van der Waals surface area contributed by atoms with Gasteiger partial charge < -0.3 is 9.84 Å². The lowest BCUT2D eigenvalue weighted by molar-refractivity contribution is 0.0944. The molecule has 0 spiro atoms. The van der Waals surface area contributed by atoms with Gasteiger partial charge in [-0.15, -0.1) is 0 Å². The molecule has 0 aliphatic rings. The highest BCUT2D eigenvalue weighted by Gasteiger charge is 1.97. The highest BCUT2D eigenvalue weighted by atomic mass is 35.5. The van der Waals surface area contributed by atoms with Crippen molar-refractivity contribution in [2.75, 3.05) is 19.8 Å². The molecule has 2 nitrogen and oxygen atoms in total. The van der Waals surface area contributed by atoms with Gasteiger partial charge in [-0.25, -0.2) is 0 Å². The normalized spacial score (nSPS) is 10.3. The van der Waals surface area contributed by atoms with E-state index < -0.39 is 0 Å². The molecule has 1 aromatic carbocycles. The molecule has 1 N–H and O–H groups in total. The third-order valence-electron chi connectivity index (χ3n) is 1.71. The van der Waals surface area contributed by atoms with E-state index in [4.69, 9.17) is 21.4 Å². The van der Waals surface area contributed by atoms with Gasteiger partial charge in [-0.2, -0.15) is 0 Å². The Hall–Kier alpha value is -0.570. The average Bonchev–Trinajstić information content (AvgIpc) is 2.15. The SMILES string of the molecule is OCCOCCc1ccccc1Cl. The molecule has 3 heteroatoms. The first-order valence-corrected chi connectivity index (χ1v) is 4.64. The van der Waals surface area contributed by atoms with Crippen LogP contribution in [-0.4, -0.2) is 24.9 Å². The molecular weight excluding hydrogens is 188 g/mol. The number of hydrogen-bond donors (Lipinski definition) is 1. The Kier molecular flexibility index (Phi) is 4.83. The fraction of sp³-hybridized carbons (Fsp3) is 0.400. The number of hydrogen-bond acceptors (Lipinski definition) is 2. The van der Waals surface area contributed by atoms with Crippen molar-refractivity contribution in [3.05, 3.63) is 34.9 Å². The Morgan fingerprint density at radius 2 is 2.00 bits per heavy atom. The van der Waals surface area contributed by atoms with Gasteiger partial charge in [0, 0.05) is 5.02 Å². The van der Waals surface area contributed by atoms with Gasteiger partial charge in [-0.3, -0.25) is 0 Å². The van der Waals surface area contributed by atoms with Crippen LogP contribution >= 0.6 is 11.6 Å². The topological polar surface area (TPSA) is 29.5 Å². The molecule has 0 unspecified atom stereocenters. The van der Waals surface area contributed by atoms with Crippen LogP contribution in [0.5, 0.6) is 0 Å². The summed E-state index contributed by atoms with van der Waals surface area (Å²) >= 11 is 5.93. The summed E-state index contributed by atoms with van der Waals surface area (Å²) in [5.41, 5.74) is 1.09. The second-order valence-corrected chi connectivity index (χ2v) is 3.08. The van der Waals surface area contributed by atoms with Gasteiger partial charge >= 0.3 is 0 Å². The Morgan fingerprint density at radius 3 is 2.69 bits per heavy atom. The summed E-state index contributed by atoms with van der Waals surface area (Å²) < 4.78 is 5.13. The van der Waals surface area contributed by atoms with E-state index in [0.29, 0.717) is 13.2 Å². The summed E-state index contributed by atoms with van der Waals surface area (Å²) in [6.45, 7) is 1.07. The molecular formula is C10H13ClO2. The highest BCUT2D eigenvalue weighted by molar-refractivity contribution is 6.31. The van der Waals surface area contributed by atoms with Crippen LogP contribution in [0.2, 0.25) is 5.02 Å². The third kappa shape index (κ3) is 3.77. The lowest BCUT2D eigenvalue weighted by atomic mass is 10.2. The zero-order chi connectivity index (χ0) is 9.52. The molecule has 0 aliphatic heterocycles. The van der Waals surface area contributed by atoms with Gasteiger partial charge in [-0.1, -0.05) is 29.8 Å². The van der Waals surface area contributed by atoms with Crippen molar-refractivity contribution in [3.63, 3.8) is 0 Å². The number of aliphatic hydroxyl groups excluding tert-OH is 1. The molecule has 0 radical (unpaired) electrons. The Morgan fingerprint density at radius 1 is 1.23 bits per heavy atom. The maximum atomic E-state index is 8.47. The number of ether oxygens (including phenoxy) is 1. The summed E-state index contributed by atoms with van der Waals surface area (Å²) in [6.07, 6.45) is 0.791. The lowest BCUT2D eigenvalue weighted by Crippen LogP contribution is -2.03. The zero-order valence-electron chi connectivity index (χ0n) is 7.37. The van der Waals surface area contributed by atoms with Crippen molar-refractivity contribution < 1.29 is 9.84 Å². The van der Waals surface area contributed by atoms with Crippen LogP contribution in [0.4, 0.5) is 0 Å². The highest BCUT2D eigenvalue weighted by Crippen LogP contribution is 2.15. The van der Waals surface area contributed by atoms with Crippen LogP contribution < -0.4 is 0 Å². The lowest BCUT2D eigenvalue weighted by Gasteiger charge is -2.03. The summed E-state index contributed by atoms with van der Waals surface area (Å²) in [5, 5.41) is 9.24. The van der Waals surface area contributed by atoms with E-state index in [0.717, 1.165) is 17.0 Å². The fourth-order valence-electron chi connectivity index (χ4n) is 1.05. The van der Waals surface area contributed by atoms with Gasteiger partial charge in [0.15, 0.2) is 0 Å². The second kappa shape index (κ2) is 5.97. The maximum absolute atomic E-state index is 8.47. The summed E-state index contributed by atoms with van der Waals surface area (Å²) in [7, 11) is 0. The van der Waals surface area contributed by atoms with Crippen LogP contribution in [0.15, 0.2) is 24.3 Å². The summed E-state index contributed by atoms with van der Waals surface area (Å²) in [6, 6.07) is 7.70. The van der Waals surface area contributed by atoms with E-state index in [1.807, 2.05) is 24.3 Å². The van der Waals surface area contributed by atoms with Gasteiger partial charge in [0.05, 0.1) is 19.8 Å². The molecule has 72 valence electrons. The van der Waals surface area contributed by atoms with Gasteiger partial charge in [0.2, 0.25) is 0 Å². The quantitative estimate of drug-likeness (QED) is 0.736. The molecule has 0 fully saturated rings. The van der Waals surface area contributed by atoms with E-state index in [2.05, 4.69) is 0 Å². The van der Waals surface area contributed by atoms with Crippen LogP contribution in [0.25, 0.3) is 0 Å². The van der Waals surface area contributed by atoms with E-state index in [1.54, 1.807) is 0 Å². The predicted octanol–water partition coefficient (Wildman–Crippen LogP) is 1.89. The molecule has 0 heterocycles. The fourth-order valence-corrected chi connectivity index (χ4v) is 1.28. The molecule has 0 aromatic heterocycles. The predicted molar refractivity (Wildman–Crippen MR) is 53.1 cm³/mol. The van der Waals surface area contributed by atoms with Crippen molar-refractivity contribution >= 4 is 11.6 Å². The minimum atomic E-state index is 0.0719. The molecule has 0 aliphatic carbocycles. The van der Waals surface area contributed by atoms with Crippen LogP contribution in [0, 0.1) is 0 Å². The van der Waals surface area contributed by atoms with Gasteiger partial charge in [0.25, 0.3) is 0 Å². The van der Waals surface area contributed by atoms with E-state index in [1.165, 1.54) is 0 Å². The van der Waals surface area contributed by atoms with E-state index >= 15 is 0 Å². The monoisotopic (exact) mass is 200 g/mol. The number of halogens is 1. The molecule has 0 saturated carbocycles. The van der Waals surface area contributed by atoms with Crippen LogP contribution in [0.3, 0.4) is 0 Å². The molecule has 0 amide bonds. The van der Waals surface area contributed by atoms with E-state index in [9.17, 15) is 0 Å². The van der Waals surface area contributed by atoms with E-state index in [-0.39, 0.29) is 6.61 Å². The second-order valence-electron chi connectivity index (χ2n) is 2.68. The van der Waals surface area contributed by atoms with Crippen molar-refractivity contribution in [3.8, 4) is 0 Å². The standard InChI is InChI=1S/C10H13ClO2/c11-10-4-2-1-3-9(10)5-7-13-8-6-12/h1-4,12H,5-8H2. The molecule has 13 heavy (non-hydrogen) atoms. The van der Waals surface area contributed by atoms with Crippen LogP contribution in [-0.2, 0) is 11.2 Å². The average molecular weight is 201 g/mol. The Labute approximate surface area is 83.1 Å². The Bertz CT molecular complexity index is 250. The Balaban J connectivity index is 2.32. The molecule has 1 rings (SSSR count). The first-order chi connectivity index (χ1) is 6.34. The zero-order valence-corrected chi connectivity index (χ0v) is 8.13. The third-order valence-corrected chi connectivity index (χ3v) is 2.08. The maximum Gasteiger partial charge on any atom is 0.0697 e. The number of rotatable bonds is 5. The summed E-state index contributed by atoms with van der Waals surface area (Å²) in [4.78, 5) is 0. The minimum absolute atomic E-state index is 0.0719. The first-order valence-electron chi connectivity index (χ1n) is 4.26. The smallest absolute Gasteiger partial charge is 0.0697 e. The van der Waals surface area contributed by atoms with Crippen molar-refractivity contribution in [1.82, 2.24) is 0 Å². The van der Waals surface area contributed by atoms with Crippen molar-refractivity contribution in [1.29, 1.82) is 0 Å². The van der Waals surface area contributed by atoms with Gasteiger partial charge in [0.1, 0.15) is 0 Å². The molecule has 0 bridgehead atoms. The largest absolute Gasteiger partial charge is 0.394 e. The number of aliphatic hydroxyl groups is 1. The van der Waals surface area contributed by atoms with Gasteiger partial charge in [-0.05, 0) is 18.1 Å². The van der Waals surface area contributed by atoms with Crippen molar-refractivity contribution in [2.45, 2.75) is 6.42 Å². The molecule has 0 saturated heterocycles. The number of benzene rings is 1. The first kappa shape index (κ1) is 10.5. The summed E-state index contributed by atoms with van der Waals surface area (Å²) in [5.74, 6) is 0. The molecule has 0 atom stereocenters. The van der Waals surface area contributed by atoms with Crippen molar-refractivity contribution in [2.24, 2.45) is 0 Å². The minimum Gasteiger partial charge on any atom is -0.394 e. The van der Waals surface area contributed by atoms with Crippen LogP contribution in [0.1, 0.15) is 5.56 Å².